The summed E-state index contributed by atoms with van der Waals surface area (Å²) in [6.45, 7) is 9.11. The summed E-state index contributed by atoms with van der Waals surface area (Å²) in [5.74, 6) is -2.46. The first kappa shape index (κ1) is 28.7. The van der Waals surface area contributed by atoms with Crippen LogP contribution < -0.4 is 9.80 Å². The summed E-state index contributed by atoms with van der Waals surface area (Å²) in [4.78, 5) is 29.5. The first-order chi connectivity index (χ1) is 21.1. The molecule has 3 unspecified atom stereocenters. The Balaban J connectivity index is 1.55. The van der Waals surface area contributed by atoms with Crippen LogP contribution in [0, 0.1) is 24.4 Å². The average molecular weight is 623 g/mol. The fourth-order valence-corrected chi connectivity index (χ4v) is 7.30. The zero-order valence-electron chi connectivity index (χ0n) is 24.5. The number of halogens is 4. The minimum atomic E-state index is -0.997. The van der Waals surface area contributed by atoms with Crippen molar-refractivity contribution in [2.75, 3.05) is 43.0 Å². The number of nitrogens with zero attached hydrogens (tertiary/aromatic N) is 6. The molecule has 0 saturated carbocycles. The zero-order valence-corrected chi connectivity index (χ0v) is 25.2. The van der Waals surface area contributed by atoms with Gasteiger partial charge < -0.3 is 19.4 Å². The first-order valence-electron chi connectivity index (χ1n) is 14.5. The lowest BCUT2D eigenvalue weighted by atomic mass is 9.92. The van der Waals surface area contributed by atoms with E-state index in [1.54, 1.807) is 16.0 Å². The van der Waals surface area contributed by atoms with Gasteiger partial charge in [0.05, 0.1) is 38.9 Å². The van der Waals surface area contributed by atoms with Gasteiger partial charge in [-0.15, -0.1) is 0 Å². The summed E-state index contributed by atoms with van der Waals surface area (Å²) in [7, 11) is 1.81. The van der Waals surface area contributed by atoms with Gasteiger partial charge in [0.15, 0.2) is 5.82 Å². The molecule has 4 aliphatic rings. The summed E-state index contributed by atoms with van der Waals surface area (Å²) < 4.78 is 54.4. The van der Waals surface area contributed by atoms with E-state index in [1.807, 2.05) is 31.9 Å². The van der Waals surface area contributed by atoms with Gasteiger partial charge in [-0.25, -0.2) is 18.2 Å². The normalized spacial score (nSPS) is 22.2. The zero-order chi connectivity index (χ0) is 31.0. The summed E-state index contributed by atoms with van der Waals surface area (Å²) in [5, 5.41) is -0.118. The topological polar surface area (TPSA) is 64.5 Å². The van der Waals surface area contributed by atoms with Crippen LogP contribution in [0.1, 0.15) is 36.3 Å². The predicted molar refractivity (Wildman–Crippen MR) is 163 cm³/mol. The number of carbonyl (C=O) groups is 1. The third-order valence-electron chi connectivity index (χ3n) is 8.99. The van der Waals surface area contributed by atoms with Gasteiger partial charge in [0.25, 0.3) is 0 Å². The number of ether oxygens (including phenoxy) is 1. The molecule has 3 atom stereocenters. The Bertz CT molecular complexity index is 1750. The number of hydrogen-bond donors (Lipinski definition) is 0. The van der Waals surface area contributed by atoms with Crippen LogP contribution >= 0.6 is 11.6 Å². The van der Waals surface area contributed by atoms with E-state index >= 15 is 13.2 Å². The summed E-state index contributed by atoms with van der Waals surface area (Å²) in [5.41, 5.74) is 1.95. The lowest BCUT2D eigenvalue weighted by Crippen LogP contribution is -2.59. The largest absolute Gasteiger partial charge is 0.373 e. The Labute approximate surface area is 258 Å². The number of aromatic nitrogens is 1. The molecule has 12 heteroatoms. The maximum Gasteiger partial charge on any atom is 0.246 e. The first-order valence-corrected chi connectivity index (χ1v) is 14.9. The van der Waals surface area contributed by atoms with Gasteiger partial charge in [-0.1, -0.05) is 24.2 Å². The second-order valence-corrected chi connectivity index (χ2v) is 11.9. The van der Waals surface area contributed by atoms with Crippen LogP contribution in [-0.4, -0.2) is 72.1 Å². The van der Waals surface area contributed by atoms with E-state index in [1.165, 1.54) is 12.1 Å². The van der Waals surface area contributed by atoms with Crippen LogP contribution in [0.3, 0.4) is 0 Å². The standard InChI is InChI=1S/C32H30ClF3N6O2/c1-5-21(43)40-13-14-41-18(15-40)10-12-39(4)29-24-30(26(36)23(25(29)33)22-19(34)7-6-8-20(22)35)42-28-16(2)9-11-37-27(28)17(3)44-32(42)38-31(24)41/h5-9,11,17-18,32H,1,10,12-15H2,2-4H3. The Morgan fingerprint density at radius 3 is 2.55 bits per heavy atom. The monoisotopic (exact) mass is 622 g/mol. The van der Waals surface area contributed by atoms with Gasteiger partial charge in [0.1, 0.15) is 23.6 Å². The molecule has 0 bridgehead atoms. The van der Waals surface area contributed by atoms with Crippen LogP contribution in [0.5, 0.6) is 0 Å². The number of fused-ring (bicyclic) bond motifs is 6. The van der Waals surface area contributed by atoms with E-state index in [0.717, 1.165) is 17.7 Å². The Morgan fingerprint density at radius 2 is 1.82 bits per heavy atom. The maximum absolute atomic E-state index is 17.4. The highest BCUT2D eigenvalue weighted by Crippen LogP contribution is 2.54. The molecule has 1 amide bonds. The number of hydrogen-bond acceptors (Lipinski definition) is 7. The van der Waals surface area contributed by atoms with Crippen LogP contribution in [0.4, 0.5) is 30.2 Å². The van der Waals surface area contributed by atoms with Crippen LogP contribution in [0.2, 0.25) is 5.02 Å². The smallest absolute Gasteiger partial charge is 0.246 e. The van der Waals surface area contributed by atoms with E-state index in [4.69, 9.17) is 21.3 Å². The molecular formula is C32H30ClF3N6O2. The minimum Gasteiger partial charge on any atom is -0.373 e. The fraction of sp³-hybridized carbons (Fsp3) is 0.344. The quantitative estimate of drug-likeness (QED) is 0.330. The molecule has 3 aromatic rings. The predicted octanol–water partition coefficient (Wildman–Crippen LogP) is 5.94. The third kappa shape index (κ3) is 4.12. The molecule has 5 heterocycles. The Kier molecular flexibility index (Phi) is 6.85. The van der Waals surface area contributed by atoms with E-state index in [9.17, 15) is 4.79 Å². The fourth-order valence-electron chi connectivity index (χ4n) is 6.88. The highest BCUT2D eigenvalue weighted by atomic mass is 35.5. The molecule has 0 aliphatic carbocycles. The average Bonchev–Trinajstić information content (AvgIpc) is 3.00. The second kappa shape index (κ2) is 10.5. The van der Waals surface area contributed by atoms with Gasteiger partial charge in [-0.05, 0) is 50.1 Å². The SMILES string of the molecule is C=CC(=O)N1CCN2C3=NC4OC(C)c5nccc(C)c5N4c4c(F)c(-c5c(F)cccc5F)c(Cl)c(c43)N(C)CCC2C1. The second-order valence-electron chi connectivity index (χ2n) is 11.5. The molecule has 1 aromatic heterocycles. The number of carbonyl (C=O) groups excluding carboxylic acids is 1. The molecule has 7 rings (SSSR count). The molecule has 8 nitrogen and oxygen atoms in total. The van der Waals surface area contributed by atoms with Crippen molar-refractivity contribution in [2.45, 2.75) is 38.8 Å². The van der Waals surface area contributed by atoms with E-state index in [2.05, 4.69) is 16.5 Å². The van der Waals surface area contributed by atoms with Crippen LogP contribution in [0.15, 0.2) is 48.1 Å². The lowest BCUT2D eigenvalue weighted by Gasteiger charge is -2.50. The van der Waals surface area contributed by atoms with Gasteiger partial charge in [0, 0.05) is 51.0 Å². The third-order valence-corrected chi connectivity index (χ3v) is 9.35. The number of aryl methyl sites for hydroxylation is 1. The molecule has 0 N–H and O–H groups in total. The molecule has 44 heavy (non-hydrogen) atoms. The van der Waals surface area contributed by atoms with Crippen molar-refractivity contribution < 1.29 is 22.7 Å². The number of rotatable bonds is 2. The van der Waals surface area contributed by atoms with E-state index in [0.29, 0.717) is 61.1 Å². The summed E-state index contributed by atoms with van der Waals surface area (Å²) >= 11 is 7.02. The molecule has 0 radical (unpaired) electrons. The van der Waals surface area contributed by atoms with Crippen molar-refractivity contribution in [2.24, 2.45) is 4.99 Å². The van der Waals surface area contributed by atoms with E-state index < -0.39 is 35.5 Å². The number of benzene rings is 2. The van der Waals surface area contributed by atoms with Gasteiger partial charge in [0.2, 0.25) is 12.3 Å². The number of aliphatic imine (C=N–C) groups is 1. The number of piperazine rings is 1. The number of amidine groups is 1. The summed E-state index contributed by atoms with van der Waals surface area (Å²) in [6.07, 6.45) is 2.11. The molecule has 2 aromatic carbocycles. The van der Waals surface area contributed by atoms with Crippen molar-refractivity contribution in [3.63, 3.8) is 0 Å². The van der Waals surface area contributed by atoms with E-state index in [-0.39, 0.29) is 28.2 Å². The highest BCUT2D eigenvalue weighted by molar-refractivity contribution is 6.38. The highest BCUT2D eigenvalue weighted by Gasteiger charge is 2.47. The van der Waals surface area contributed by atoms with Crippen LogP contribution in [-0.2, 0) is 9.53 Å². The van der Waals surface area contributed by atoms with Gasteiger partial charge in [-0.2, -0.15) is 0 Å². The van der Waals surface area contributed by atoms with Crippen molar-refractivity contribution in [1.82, 2.24) is 14.8 Å². The molecule has 1 fully saturated rings. The van der Waals surface area contributed by atoms with Gasteiger partial charge in [-0.3, -0.25) is 14.7 Å². The van der Waals surface area contributed by atoms with Gasteiger partial charge >= 0.3 is 0 Å². The maximum atomic E-state index is 17.4. The number of amides is 1. The number of anilines is 3. The van der Waals surface area contributed by atoms with Crippen molar-refractivity contribution in [3.05, 3.63) is 82.4 Å². The lowest BCUT2D eigenvalue weighted by molar-refractivity contribution is -0.128. The molecular weight excluding hydrogens is 593 g/mol. The van der Waals surface area contributed by atoms with Crippen molar-refractivity contribution in [3.8, 4) is 11.1 Å². The molecule has 228 valence electrons. The molecule has 1 saturated heterocycles. The van der Waals surface area contributed by atoms with Crippen molar-refractivity contribution >= 4 is 40.4 Å². The minimum absolute atomic E-state index is 0.0541. The molecule has 4 aliphatic heterocycles. The van der Waals surface area contributed by atoms with Crippen molar-refractivity contribution in [1.29, 1.82) is 0 Å². The summed E-state index contributed by atoms with van der Waals surface area (Å²) in [6, 6.07) is 5.06. The Hall–Kier alpha value is -4.09. The molecule has 0 spiro atoms. The number of pyridine rings is 1. The van der Waals surface area contributed by atoms with Crippen LogP contribution in [0.25, 0.3) is 11.1 Å². The Morgan fingerprint density at radius 1 is 1.07 bits per heavy atom.